The number of halogens is 1. The molecule has 118 valence electrons. The van der Waals surface area contributed by atoms with Gasteiger partial charge in [-0.1, -0.05) is 30.3 Å². The summed E-state index contributed by atoms with van der Waals surface area (Å²) >= 11 is 0. The summed E-state index contributed by atoms with van der Waals surface area (Å²) in [4.78, 5) is 12.1. The van der Waals surface area contributed by atoms with E-state index in [-0.39, 0.29) is 24.2 Å². The maximum absolute atomic E-state index is 12.1. The summed E-state index contributed by atoms with van der Waals surface area (Å²) in [6.07, 6.45) is 5.60. The molecule has 1 saturated heterocycles. The number of anilines is 1. The van der Waals surface area contributed by atoms with Crippen LogP contribution in [0.5, 0.6) is 0 Å². The highest BCUT2D eigenvalue weighted by molar-refractivity contribution is 5.92. The topological polar surface area (TPSA) is 59.0 Å². The van der Waals surface area contributed by atoms with Crippen LogP contribution >= 0.6 is 12.4 Å². The predicted molar refractivity (Wildman–Crippen MR) is 89.2 cm³/mol. The molecule has 1 unspecified atom stereocenters. The van der Waals surface area contributed by atoms with Gasteiger partial charge in [-0.15, -0.1) is 12.4 Å². The molecule has 0 bridgehead atoms. The maximum atomic E-state index is 12.1. The van der Waals surface area contributed by atoms with Crippen LogP contribution < -0.4 is 10.6 Å². The Balaban J connectivity index is 0.00000176. The molecule has 3 rings (SSSR count). The van der Waals surface area contributed by atoms with Crippen LogP contribution in [-0.4, -0.2) is 28.8 Å². The first kappa shape index (κ1) is 16.5. The Morgan fingerprint density at radius 2 is 2.18 bits per heavy atom. The molecule has 1 aromatic carbocycles. The van der Waals surface area contributed by atoms with E-state index in [1.165, 1.54) is 5.56 Å². The van der Waals surface area contributed by atoms with Gasteiger partial charge in [0, 0.05) is 12.7 Å². The maximum Gasteiger partial charge on any atom is 0.228 e. The lowest BCUT2D eigenvalue weighted by atomic mass is 9.99. The first-order valence-corrected chi connectivity index (χ1v) is 7.39. The average molecular weight is 321 g/mol. The molecule has 1 amide bonds. The molecule has 1 fully saturated rings. The Morgan fingerprint density at radius 3 is 2.91 bits per heavy atom. The van der Waals surface area contributed by atoms with E-state index in [4.69, 9.17) is 0 Å². The number of amides is 1. The van der Waals surface area contributed by atoms with Crippen molar-refractivity contribution in [1.82, 2.24) is 15.1 Å². The van der Waals surface area contributed by atoms with Crippen LogP contribution in [0.25, 0.3) is 0 Å². The third kappa shape index (κ3) is 4.32. The van der Waals surface area contributed by atoms with Gasteiger partial charge in [0.2, 0.25) is 5.91 Å². The van der Waals surface area contributed by atoms with Crippen LogP contribution in [0.3, 0.4) is 0 Å². The molecule has 1 atom stereocenters. The molecule has 6 heteroatoms. The molecule has 5 nitrogen and oxygen atoms in total. The second-order valence-electron chi connectivity index (χ2n) is 5.44. The van der Waals surface area contributed by atoms with Crippen LogP contribution in [0, 0.1) is 5.92 Å². The molecule has 1 aliphatic rings. The zero-order chi connectivity index (χ0) is 14.5. The number of piperidine rings is 1. The van der Waals surface area contributed by atoms with Gasteiger partial charge in [-0.25, -0.2) is 0 Å². The Kier molecular flexibility index (Phi) is 5.98. The van der Waals surface area contributed by atoms with Gasteiger partial charge in [-0.05, 0) is 24.9 Å². The third-order valence-corrected chi connectivity index (χ3v) is 3.76. The monoisotopic (exact) mass is 320 g/mol. The Morgan fingerprint density at radius 1 is 1.36 bits per heavy atom. The van der Waals surface area contributed by atoms with Crippen molar-refractivity contribution in [1.29, 1.82) is 0 Å². The fraction of sp³-hybridized carbons (Fsp3) is 0.375. The van der Waals surface area contributed by atoms with Crippen LogP contribution in [-0.2, 0) is 11.3 Å². The fourth-order valence-electron chi connectivity index (χ4n) is 2.61. The largest absolute Gasteiger partial charge is 0.323 e. The highest BCUT2D eigenvalue weighted by Crippen LogP contribution is 2.14. The number of aromatic nitrogens is 2. The molecule has 2 N–H and O–H groups in total. The zero-order valence-corrected chi connectivity index (χ0v) is 13.2. The highest BCUT2D eigenvalue weighted by Gasteiger charge is 2.21. The number of nitrogens with zero attached hydrogens (tertiary/aromatic N) is 2. The number of nitrogens with one attached hydrogen (secondary N) is 2. The number of hydrogen-bond acceptors (Lipinski definition) is 3. The lowest BCUT2D eigenvalue weighted by Crippen LogP contribution is -2.37. The second-order valence-corrected chi connectivity index (χ2v) is 5.44. The smallest absolute Gasteiger partial charge is 0.228 e. The predicted octanol–water partition coefficient (Wildman–Crippen LogP) is 2.29. The molecular formula is C16H21ClN4O. The first-order chi connectivity index (χ1) is 10.3. The third-order valence-electron chi connectivity index (χ3n) is 3.76. The van der Waals surface area contributed by atoms with E-state index in [9.17, 15) is 4.79 Å². The van der Waals surface area contributed by atoms with Crippen molar-refractivity contribution >= 4 is 24.0 Å². The Bertz CT molecular complexity index is 593. The first-order valence-electron chi connectivity index (χ1n) is 7.39. The number of benzene rings is 1. The number of rotatable bonds is 4. The zero-order valence-electron chi connectivity index (χ0n) is 12.4. The van der Waals surface area contributed by atoms with Crippen molar-refractivity contribution in [3.05, 3.63) is 48.3 Å². The lowest BCUT2D eigenvalue weighted by molar-refractivity contribution is -0.120. The molecule has 0 radical (unpaired) electrons. The molecule has 0 aliphatic carbocycles. The van der Waals surface area contributed by atoms with Gasteiger partial charge >= 0.3 is 0 Å². The summed E-state index contributed by atoms with van der Waals surface area (Å²) in [7, 11) is 0. The van der Waals surface area contributed by atoms with Gasteiger partial charge in [0.1, 0.15) is 0 Å². The van der Waals surface area contributed by atoms with Crippen molar-refractivity contribution < 1.29 is 4.79 Å². The van der Waals surface area contributed by atoms with Crippen LogP contribution in [0.15, 0.2) is 42.7 Å². The summed E-state index contributed by atoms with van der Waals surface area (Å²) in [5.74, 6) is 0.151. The minimum Gasteiger partial charge on any atom is -0.323 e. The van der Waals surface area contributed by atoms with Crippen LogP contribution in [0.4, 0.5) is 5.69 Å². The standard InChI is InChI=1S/C16H20N4O.ClH/c21-16(14-7-4-8-17-9-14)19-15-10-18-20(12-15)11-13-5-2-1-3-6-13;/h1-3,5-6,10,12,14,17H,4,7-9,11H2,(H,19,21);1H. The number of hydrogen-bond donors (Lipinski definition) is 2. The van der Waals surface area contributed by atoms with E-state index in [1.54, 1.807) is 6.20 Å². The normalized spacial score (nSPS) is 17.5. The molecule has 1 aliphatic heterocycles. The van der Waals surface area contributed by atoms with Crippen molar-refractivity contribution in [2.75, 3.05) is 18.4 Å². The van der Waals surface area contributed by atoms with Gasteiger partial charge < -0.3 is 10.6 Å². The molecular weight excluding hydrogens is 300 g/mol. The van der Waals surface area contributed by atoms with E-state index in [2.05, 4.69) is 27.9 Å². The minimum absolute atomic E-state index is 0. The number of carbonyl (C=O) groups is 1. The van der Waals surface area contributed by atoms with Crippen LogP contribution in [0.1, 0.15) is 18.4 Å². The molecule has 22 heavy (non-hydrogen) atoms. The average Bonchev–Trinajstić information content (AvgIpc) is 2.96. The fourth-order valence-corrected chi connectivity index (χ4v) is 2.61. The van der Waals surface area contributed by atoms with E-state index >= 15 is 0 Å². The Hall–Kier alpha value is -1.85. The van der Waals surface area contributed by atoms with Gasteiger partial charge in [-0.3, -0.25) is 9.48 Å². The van der Waals surface area contributed by atoms with Crippen molar-refractivity contribution in [3.8, 4) is 0 Å². The SMILES string of the molecule is Cl.O=C(Nc1cnn(Cc2ccccc2)c1)C1CCCNC1. The molecule has 0 saturated carbocycles. The summed E-state index contributed by atoms with van der Waals surface area (Å²) < 4.78 is 1.84. The van der Waals surface area contributed by atoms with Gasteiger partial charge in [0.05, 0.1) is 24.3 Å². The van der Waals surface area contributed by atoms with E-state index < -0.39 is 0 Å². The molecule has 2 heterocycles. The van der Waals surface area contributed by atoms with Gasteiger partial charge in [0.25, 0.3) is 0 Å². The summed E-state index contributed by atoms with van der Waals surface area (Å²) in [6, 6.07) is 10.1. The highest BCUT2D eigenvalue weighted by atomic mass is 35.5. The minimum atomic E-state index is 0. The van der Waals surface area contributed by atoms with Crippen LogP contribution in [0.2, 0.25) is 0 Å². The van der Waals surface area contributed by atoms with Crippen molar-refractivity contribution in [2.45, 2.75) is 19.4 Å². The lowest BCUT2D eigenvalue weighted by Gasteiger charge is -2.21. The van der Waals surface area contributed by atoms with Crippen molar-refractivity contribution in [3.63, 3.8) is 0 Å². The molecule has 0 spiro atoms. The van der Waals surface area contributed by atoms with Gasteiger partial charge in [0.15, 0.2) is 0 Å². The number of carbonyl (C=O) groups excluding carboxylic acids is 1. The summed E-state index contributed by atoms with van der Waals surface area (Å²) in [5, 5.41) is 10.5. The summed E-state index contributed by atoms with van der Waals surface area (Å²) in [5.41, 5.74) is 1.96. The van der Waals surface area contributed by atoms with Crippen molar-refractivity contribution in [2.24, 2.45) is 5.92 Å². The summed E-state index contributed by atoms with van der Waals surface area (Å²) in [6.45, 7) is 2.49. The van der Waals surface area contributed by atoms with E-state index in [0.29, 0.717) is 6.54 Å². The van der Waals surface area contributed by atoms with E-state index in [0.717, 1.165) is 31.6 Å². The Labute approximate surface area is 136 Å². The molecule has 1 aromatic heterocycles. The molecule has 2 aromatic rings. The van der Waals surface area contributed by atoms with E-state index in [1.807, 2.05) is 29.1 Å². The second kappa shape index (κ2) is 7.96. The quantitative estimate of drug-likeness (QED) is 0.908. The van der Waals surface area contributed by atoms with Gasteiger partial charge in [-0.2, -0.15) is 5.10 Å².